The number of hydrogen-bond donors (Lipinski definition) is 1. The quantitative estimate of drug-likeness (QED) is 0.348. The minimum atomic E-state index is -0.514. The molecule has 0 saturated heterocycles. The number of aromatic nitrogens is 2. The largest absolute Gasteiger partial charge is 0.497 e. The van der Waals surface area contributed by atoms with Gasteiger partial charge in [-0.1, -0.05) is 48.5 Å². The van der Waals surface area contributed by atoms with Crippen molar-refractivity contribution < 1.29 is 9.53 Å². The number of nitrogens with one attached hydrogen (secondary N) is 1. The molecule has 36 heavy (non-hydrogen) atoms. The zero-order valence-corrected chi connectivity index (χ0v) is 20.3. The monoisotopic (exact) mass is 478 g/mol. The highest BCUT2D eigenvalue weighted by Gasteiger charge is 2.24. The minimum absolute atomic E-state index is 0.199. The number of rotatable bonds is 5. The maximum atomic E-state index is 13.6. The maximum Gasteiger partial charge on any atom is 0.322 e. The van der Waals surface area contributed by atoms with Crippen LogP contribution >= 0.6 is 0 Å². The van der Waals surface area contributed by atoms with Gasteiger partial charge in [-0.2, -0.15) is 0 Å². The summed E-state index contributed by atoms with van der Waals surface area (Å²) in [6, 6.07) is 27.3. The van der Waals surface area contributed by atoms with Crippen molar-refractivity contribution in [3.8, 4) is 11.4 Å². The van der Waals surface area contributed by atoms with Crippen LogP contribution in [-0.2, 0) is 0 Å². The molecule has 0 spiro atoms. The van der Waals surface area contributed by atoms with Gasteiger partial charge >= 0.3 is 6.03 Å². The third-order valence-electron chi connectivity index (χ3n) is 6.44. The Labute approximate surface area is 208 Å². The predicted octanol–water partition coefficient (Wildman–Crippen LogP) is 5.77. The van der Waals surface area contributed by atoms with E-state index in [1.807, 2.05) is 79.7 Å². The molecule has 180 valence electrons. The van der Waals surface area contributed by atoms with Gasteiger partial charge in [0.1, 0.15) is 11.6 Å². The summed E-state index contributed by atoms with van der Waals surface area (Å²) in [7, 11) is 3.29. The van der Waals surface area contributed by atoms with Crippen molar-refractivity contribution >= 4 is 33.4 Å². The number of nitrogens with zero attached hydrogens (tertiary/aromatic N) is 3. The second-order valence-corrected chi connectivity index (χ2v) is 8.57. The summed E-state index contributed by atoms with van der Waals surface area (Å²) in [5.41, 5.74) is 1.74. The van der Waals surface area contributed by atoms with E-state index >= 15 is 0 Å². The Morgan fingerprint density at radius 3 is 2.33 bits per heavy atom. The van der Waals surface area contributed by atoms with E-state index in [0.717, 1.165) is 16.5 Å². The van der Waals surface area contributed by atoms with Gasteiger partial charge in [-0.05, 0) is 54.8 Å². The molecule has 0 aliphatic rings. The van der Waals surface area contributed by atoms with Gasteiger partial charge in [0.2, 0.25) is 0 Å². The first kappa shape index (κ1) is 23.1. The number of fused-ring (bicyclic) bond motifs is 2. The first-order chi connectivity index (χ1) is 17.5. The predicted molar refractivity (Wildman–Crippen MR) is 143 cm³/mol. The highest BCUT2D eigenvalue weighted by molar-refractivity contribution is 6.01. The van der Waals surface area contributed by atoms with E-state index in [0.29, 0.717) is 28.2 Å². The first-order valence-corrected chi connectivity index (χ1v) is 11.7. The standard InChI is InChI=1S/C29H26N4O3/c1-19(32(2)29(35)31-25-14-8-10-20-9-4-5-11-23(20)25)27-30-26-13-7-6-12-24(26)28(34)33(27)21-15-17-22(36-3)18-16-21/h4-19H,1-3H3,(H,31,35). The molecule has 1 aromatic heterocycles. The van der Waals surface area contributed by atoms with Crippen LogP contribution in [-0.4, -0.2) is 34.6 Å². The molecule has 0 bridgehead atoms. The van der Waals surface area contributed by atoms with Crippen molar-refractivity contribution in [2.45, 2.75) is 13.0 Å². The fraction of sp³-hybridized carbons (Fsp3) is 0.138. The summed E-state index contributed by atoms with van der Waals surface area (Å²) in [5, 5.41) is 5.51. The number of hydrogen-bond acceptors (Lipinski definition) is 4. The Kier molecular flexibility index (Phi) is 6.12. The summed E-state index contributed by atoms with van der Waals surface area (Å²) in [6.45, 7) is 1.86. The van der Waals surface area contributed by atoms with Crippen LogP contribution in [0.25, 0.3) is 27.4 Å². The van der Waals surface area contributed by atoms with Crippen LogP contribution in [0.15, 0.2) is 95.8 Å². The minimum Gasteiger partial charge on any atom is -0.497 e. The fourth-order valence-corrected chi connectivity index (χ4v) is 4.30. The van der Waals surface area contributed by atoms with Gasteiger partial charge in [0.05, 0.1) is 35.4 Å². The lowest BCUT2D eigenvalue weighted by Crippen LogP contribution is -2.37. The molecule has 1 N–H and O–H groups in total. The van der Waals surface area contributed by atoms with Crippen molar-refractivity contribution in [1.82, 2.24) is 14.5 Å². The summed E-state index contributed by atoms with van der Waals surface area (Å²) in [5.74, 6) is 1.14. The summed E-state index contributed by atoms with van der Waals surface area (Å²) in [4.78, 5) is 33.3. The Hall–Kier alpha value is -4.65. The molecule has 0 radical (unpaired) electrons. The lowest BCUT2D eigenvalue weighted by Gasteiger charge is -2.27. The van der Waals surface area contributed by atoms with E-state index in [1.165, 1.54) is 0 Å². The van der Waals surface area contributed by atoms with Crippen LogP contribution in [0.4, 0.5) is 10.5 Å². The van der Waals surface area contributed by atoms with Crippen molar-refractivity contribution in [1.29, 1.82) is 0 Å². The van der Waals surface area contributed by atoms with E-state index in [4.69, 9.17) is 9.72 Å². The SMILES string of the molecule is COc1ccc(-n2c(C(C)N(C)C(=O)Nc3cccc4ccccc34)nc3ccccc3c2=O)cc1. The van der Waals surface area contributed by atoms with Gasteiger partial charge in [0, 0.05) is 12.4 Å². The van der Waals surface area contributed by atoms with E-state index in [2.05, 4.69) is 5.32 Å². The van der Waals surface area contributed by atoms with Crippen LogP contribution in [0.2, 0.25) is 0 Å². The number of methoxy groups -OCH3 is 1. The Balaban J connectivity index is 1.55. The normalized spacial score (nSPS) is 11.9. The molecule has 1 heterocycles. The van der Waals surface area contributed by atoms with Crippen LogP contribution in [0.5, 0.6) is 5.75 Å². The summed E-state index contributed by atoms with van der Waals surface area (Å²) < 4.78 is 6.84. The Bertz CT molecular complexity index is 1620. The molecule has 2 amide bonds. The molecule has 0 aliphatic heterocycles. The van der Waals surface area contributed by atoms with Crippen LogP contribution in [0.3, 0.4) is 0 Å². The zero-order chi connectivity index (χ0) is 25.2. The molecular weight excluding hydrogens is 452 g/mol. The molecule has 4 aromatic carbocycles. The van der Waals surface area contributed by atoms with Gasteiger partial charge in [0.25, 0.3) is 5.56 Å². The Morgan fingerprint density at radius 2 is 1.58 bits per heavy atom. The molecule has 0 fully saturated rings. The molecule has 7 nitrogen and oxygen atoms in total. The van der Waals surface area contributed by atoms with Crippen molar-refractivity contribution in [2.24, 2.45) is 0 Å². The zero-order valence-electron chi connectivity index (χ0n) is 20.3. The number of urea groups is 1. The first-order valence-electron chi connectivity index (χ1n) is 11.7. The number of para-hydroxylation sites is 1. The average molecular weight is 479 g/mol. The van der Waals surface area contributed by atoms with Crippen molar-refractivity contribution in [3.05, 3.63) is 107 Å². The smallest absolute Gasteiger partial charge is 0.322 e. The number of anilines is 1. The number of carbonyl (C=O) groups excluding carboxylic acids is 1. The summed E-state index contributed by atoms with van der Waals surface area (Å²) >= 11 is 0. The highest BCUT2D eigenvalue weighted by Crippen LogP contribution is 2.26. The number of amides is 2. The second kappa shape index (κ2) is 9.54. The lowest BCUT2D eigenvalue weighted by atomic mass is 10.1. The van der Waals surface area contributed by atoms with E-state index in [-0.39, 0.29) is 11.6 Å². The summed E-state index contributed by atoms with van der Waals surface area (Å²) in [6.07, 6.45) is 0. The molecule has 0 saturated carbocycles. The number of carbonyl (C=O) groups is 1. The van der Waals surface area contributed by atoms with Crippen LogP contribution < -0.4 is 15.6 Å². The molecule has 1 atom stereocenters. The molecular formula is C29H26N4O3. The van der Waals surface area contributed by atoms with Crippen molar-refractivity contribution in [3.63, 3.8) is 0 Å². The van der Waals surface area contributed by atoms with Gasteiger partial charge in [-0.3, -0.25) is 9.36 Å². The van der Waals surface area contributed by atoms with Gasteiger partial charge in [-0.25, -0.2) is 9.78 Å². The topological polar surface area (TPSA) is 76.5 Å². The molecule has 0 aliphatic carbocycles. The van der Waals surface area contributed by atoms with E-state index in [9.17, 15) is 9.59 Å². The lowest BCUT2D eigenvalue weighted by molar-refractivity contribution is 0.205. The van der Waals surface area contributed by atoms with E-state index < -0.39 is 6.04 Å². The van der Waals surface area contributed by atoms with Gasteiger partial charge < -0.3 is 15.0 Å². The van der Waals surface area contributed by atoms with Crippen LogP contribution in [0, 0.1) is 0 Å². The fourth-order valence-electron chi connectivity index (χ4n) is 4.30. The highest BCUT2D eigenvalue weighted by atomic mass is 16.5. The third-order valence-corrected chi connectivity index (χ3v) is 6.44. The Morgan fingerprint density at radius 1 is 0.917 bits per heavy atom. The molecule has 7 heteroatoms. The maximum absolute atomic E-state index is 13.6. The second-order valence-electron chi connectivity index (χ2n) is 8.57. The average Bonchev–Trinajstić information content (AvgIpc) is 2.92. The molecule has 5 aromatic rings. The number of ether oxygens (including phenoxy) is 1. The van der Waals surface area contributed by atoms with Crippen molar-refractivity contribution in [2.75, 3.05) is 19.5 Å². The molecule has 1 unspecified atom stereocenters. The third kappa shape index (κ3) is 4.15. The van der Waals surface area contributed by atoms with E-state index in [1.54, 1.807) is 41.8 Å². The van der Waals surface area contributed by atoms with Crippen LogP contribution in [0.1, 0.15) is 18.8 Å². The van der Waals surface area contributed by atoms with Gasteiger partial charge in [0.15, 0.2) is 0 Å². The molecule has 5 rings (SSSR count). The number of benzene rings is 4. The van der Waals surface area contributed by atoms with Gasteiger partial charge in [-0.15, -0.1) is 0 Å².